The number of halogens is 1. The Bertz CT molecular complexity index is 867. The van der Waals surface area contributed by atoms with Gasteiger partial charge in [0.2, 0.25) is 0 Å². The molecule has 9 heteroatoms. The second kappa shape index (κ2) is 6.92. The van der Waals surface area contributed by atoms with Gasteiger partial charge in [-0.15, -0.1) is 11.3 Å². The second-order valence-electron chi connectivity index (χ2n) is 4.53. The van der Waals surface area contributed by atoms with Gasteiger partial charge in [0.1, 0.15) is 11.5 Å². The van der Waals surface area contributed by atoms with Gasteiger partial charge in [-0.25, -0.2) is 19.3 Å². The molecule has 0 spiro atoms. The van der Waals surface area contributed by atoms with Crippen LogP contribution in [0.2, 0.25) is 0 Å². The molecule has 0 aliphatic rings. The van der Waals surface area contributed by atoms with Crippen LogP contribution in [0.5, 0.6) is 0 Å². The van der Waals surface area contributed by atoms with Gasteiger partial charge in [-0.1, -0.05) is 0 Å². The van der Waals surface area contributed by atoms with E-state index in [0.29, 0.717) is 10.8 Å². The summed E-state index contributed by atoms with van der Waals surface area (Å²) in [6, 6.07) is 6.61. The van der Waals surface area contributed by atoms with Gasteiger partial charge in [-0.05, 0) is 30.3 Å². The van der Waals surface area contributed by atoms with Crippen molar-refractivity contribution in [3.63, 3.8) is 0 Å². The predicted octanol–water partition coefficient (Wildman–Crippen LogP) is 1.81. The number of hydrogen-bond donors (Lipinski definition) is 2. The maximum atomic E-state index is 12.8. The first-order valence-electron chi connectivity index (χ1n) is 6.72. The molecule has 0 saturated heterocycles. The molecule has 2 N–H and O–H groups in total. The highest BCUT2D eigenvalue weighted by Crippen LogP contribution is 2.19. The van der Waals surface area contributed by atoms with Crippen LogP contribution in [0.1, 0.15) is 20.8 Å². The number of aromatic nitrogens is 3. The lowest BCUT2D eigenvalue weighted by molar-refractivity contribution is 0.0844. The van der Waals surface area contributed by atoms with E-state index in [1.165, 1.54) is 28.8 Å². The summed E-state index contributed by atoms with van der Waals surface area (Å²) in [5.74, 6) is -1.18. The van der Waals surface area contributed by atoms with Crippen molar-refractivity contribution in [3.05, 3.63) is 65.2 Å². The lowest BCUT2D eigenvalue weighted by atomic mass is 10.2. The van der Waals surface area contributed by atoms with Crippen LogP contribution in [-0.2, 0) is 0 Å². The fraction of sp³-hybridized carbons (Fsp3) is 0. The van der Waals surface area contributed by atoms with Crippen LogP contribution < -0.4 is 10.9 Å². The molecule has 2 heterocycles. The minimum Gasteiger partial charge on any atom is -0.267 e. The van der Waals surface area contributed by atoms with Crippen LogP contribution >= 0.6 is 11.3 Å². The van der Waals surface area contributed by atoms with E-state index in [-0.39, 0.29) is 11.3 Å². The van der Waals surface area contributed by atoms with Crippen molar-refractivity contribution in [2.45, 2.75) is 0 Å². The first-order valence-corrected chi connectivity index (χ1v) is 7.60. The Kier molecular flexibility index (Phi) is 4.52. The monoisotopic (exact) mass is 343 g/mol. The standard InChI is InChI=1S/C15H10FN5O2S/c16-10-4-2-9(3-5-10)13(22)20-21-14(23)11-8-24-15(19-11)12-17-6-1-7-18-12/h1-8H,(H,20,22)(H,21,23). The average molecular weight is 343 g/mol. The van der Waals surface area contributed by atoms with Crippen LogP contribution in [0.25, 0.3) is 10.8 Å². The van der Waals surface area contributed by atoms with E-state index in [1.807, 2.05) is 0 Å². The highest BCUT2D eigenvalue weighted by molar-refractivity contribution is 7.13. The van der Waals surface area contributed by atoms with Gasteiger partial charge in [-0.3, -0.25) is 20.4 Å². The van der Waals surface area contributed by atoms with E-state index in [2.05, 4.69) is 25.8 Å². The third kappa shape index (κ3) is 3.58. The number of amides is 2. The van der Waals surface area contributed by atoms with Gasteiger partial charge < -0.3 is 0 Å². The zero-order chi connectivity index (χ0) is 16.9. The highest BCUT2D eigenvalue weighted by Gasteiger charge is 2.14. The largest absolute Gasteiger partial charge is 0.289 e. The lowest BCUT2D eigenvalue weighted by Crippen LogP contribution is -2.41. The molecule has 0 fully saturated rings. The Hall–Kier alpha value is -3.20. The zero-order valence-corrected chi connectivity index (χ0v) is 12.9. The molecule has 0 atom stereocenters. The van der Waals surface area contributed by atoms with Crippen LogP contribution in [0.15, 0.2) is 48.1 Å². The summed E-state index contributed by atoms with van der Waals surface area (Å²) >= 11 is 1.21. The molecule has 3 rings (SSSR count). The first kappa shape index (κ1) is 15.7. The Morgan fingerprint density at radius 3 is 2.38 bits per heavy atom. The third-order valence-corrected chi connectivity index (χ3v) is 3.73. The number of nitrogens with one attached hydrogen (secondary N) is 2. The zero-order valence-electron chi connectivity index (χ0n) is 12.1. The molecule has 0 unspecified atom stereocenters. The van der Waals surface area contributed by atoms with Gasteiger partial charge in [-0.2, -0.15) is 0 Å². The summed E-state index contributed by atoms with van der Waals surface area (Å²) < 4.78 is 12.8. The van der Waals surface area contributed by atoms with Crippen molar-refractivity contribution in [1.29, 1.82) is 0 Å². The van der Waals surface area contributed by atoms with E-state index < -0.39 is 17.6 Å². The summed E-state index contributed by atoms with van der Waals surface area (Å²) in [4.78, 5) is 36.0. The van der Waals surface area contributed by atoms with Gasteiger partial charge in [0.15, 0.2) is 10.8 Å². The molecule has 0 radical (unpaired) electrons. The van der Waals surface area contributed by atoms with E-state index in [9.17, 15) is 14.0 Å². The lowest BCUT2D eigenvalue weighted by Gasteiger charge is -2.05. The minimum absolute atomic E-state index is 0.127. The first-order chi connectivity index (χ1) is 11.6. The summed E-state index contributed by atoms with van der Waals surface area (Å²) in [7, 11) is 0. The smallest absolute Gasteiger partial charge is 0.267 e. The van der Waals surface area contributed by atoms with Crippen LogP contribution in [0.3, 0.4) is 0 Å². The van der Waals surface area contributed by atoms with E-state index >= 15 is 0 Å². The molecule has 0 saturated carbocycles. The number of thiazole rings is 1. The maximum Gasteiger partial charge on any atom is 0.289 e. The Labute approximate surface area is 139 Å². The Balaban J connectivity index is 1.62. The van der Waals surface area contributed by atoms with Crippen molar-refractivity contribution < 1.29 is 14.0 Å². The number of hydrazine groups is 1. The van der Waals surface area contributed by atoms with Crippen molar-refractivity contribution >= 4 is 23.2 Å². The van der Waals surface area contributed by atoms with E-state index in [1.54, 1.807) is 18.5 Å². The van der Waals surface area contributed by atoms with Crippen molar-refractivity contribution in [3.8, 4) is 10.8 Å². The van der Waals surface area contributed by atoms with Gasteiger partial charge >= 0.3 is 0 Å². The van der Waals surface area contributed by atoms with Crippen molar-refractivity contribution in [1.82, 2.24) is 25.8 Å². The topological polar surface area (TPSA) is 96.9 Å². The summed E-state index contributed by atoms with van der Waals surface area (Å²) in [6.45, 7) is 0. The number of hydrogen-bond acceptors (Lipinski definition) is 6. The fourth-order valence-corrected chi connectivity index (χ4v) is 2.49. The van der Waals surface area contributed by atoms with Crippen molar-refractivity contribution in [2.75, 3.05) is 0 Å². The normalized spacial score (nSPS) is 10.2. The van der Waals surface area contributed by atoms with Crippen LogP contribution in [0, 0.1) is 5.82 Å². The SMILES string of the molecule is O=C(NNC(=O)c1csc(-c2ncccn2)n1)c1ccc(F)cc1. The number of benzene rings is 1. The summed E-state index contributed by atoms with van der Waals surface area (Å²) in [6.07, 6.45) is 3.15. The second-order valence-corrected chi connectivity index (χ2v) is 5.38. The molecule has 7 nitrogen and oxygen atoms in total. The molecule has 24 heavy (non-hydrogen) atoms. The molecule has 3 aromatic rings. The molecular weight excluding hydrogens is 333 g/mol. The van der Waals surface area contributed by atoms with Crippen molar-refractivity contribution in [2.24, 2.45) is 0 Å². The molecular formula is C15H10FN5O2S. The molecule has 1 aromatic carbocycles. The molecule has 2 aromatic heterocycles. The van der Waals surface area contributed by atoms with E-state index in [4.69, 9.17) is 0 Å². The molecule has 0 aliphatic carbocycles. The predicted molar refractivity (Wildman–Crippen MR) is 84.5 cm³/mol. The number of carbonyl (C=O) groups is 2. The summed E-state index contributed by atoms with van der Waals surface area (Å²) in [5.41, 5.74) is 4.83. The Morgan fingerprint density at radius 2 is 1.67 bits per heavy atom. The van der Waals surface area contributed by atoms with Gasteiger partial charge in [0.05, 0.1) is 0 Å². The Morgan fingerprint density at radius 1 is 1.00 bits per heavy atom. The van der Waals surface area contributed by atoms with Gasteiger partial charge in [0, 0.05) is 23.3 Å². The third-order valence-electron chi connectivity index (χ3n) is 2.89. The number of carbonyl (C=O) groups excluding carboxylic acids is 2. The molecule has 2 amide bonds. The van der Waals surface area contributed by atoms with Gasteiger partial charge in [0.25, 0.3) is 11.8 Å². The molecule has 0 bridgehead atoms. The fourth-order valence-electron chi connectivity index (χ4n) is 1.74. The van der Waals surface area contributed by atoms with Crippen LogP contribution in [0.4, 0.5) is 4.39 Å². The maximum absolute atomic E-state index is 12.8. The number of nitrogens with zero attached hydrogens (tertiary/aromatic N) is 3. The molecule has 120 valence electrons. The highest BCUT2D eigenvalue weighted by atomic mass is 32.1. The van der Waals surface area contributed by atoms with Crippen LogP contribution in [-0.4, -0.2) is 26.8 Å². The quantitative estimate of drug-likeness (QED) is 0.707. The average Bonchev–Trinajstić information content (AvgIpc) is 3.11. The number of rotatable bonds is 3. The van der Waals surface area contributed by atoms with E-state index in [0.717, 1.165) is 12.1 Å². The molecule has 0 aliphatic heterocycles. The summed E-state index contributed by atoms with van der Waals surface area (Å²) in [5, 5.41) is 2.02. The minimum atomic E-state index is -0.580.